The van der Waals surface area contributed by atoms with Crippen molar-refractivity contribution in [3.63, 3.8) is 0 Å². The molecule has 1 aliphatic rings. The van der Waals surface area contributed by atoms with E-state index in [0.29, 0.717) is 30.6 Å². The summed E-state index contributed by atoms with van der Waals surface area (Å²) >= 11 is 0. The van der Waals surface area contributed by atoms with E-state index >= 15 is 0 Å². The Bertz CT molecular complexity index is 716. The Morgan fingerprint density at radius 3 is 3.04 bits per heavy atom. The van der Waals surface area contributed by atoms with Gasteiger partial charge in [-0.1, -0.05) is 0 Å². The minimum Gasteiger partial charge on any atom is -0.493 e. The van der Waals surface area contributed by atoms with Crippen LogP contribution in [0.5, 0.6) is 5.75 Å². The van der Waals surface area contributed by atoms with Crippen molar-refractivity contribution in [2.75, 3.05) is 25.1 Å². The van der Waals surface area contributed by atoms with Crippen LogP contribution in [0, 0.1) is 18.7 Å². The van der Waals surface area contributed by atoms with Gasteiger partial charge in [-0.05, 0) is 25.5 Å². The van der Waals surface area contributed by atoms with Gasteiger partial charge in [-0.3, -0.25) is 4.79 Å². The summed E-state index contributed by atoms with van der Waals surface area (Å²) in [7, 11) is 0. The van der Waals surface area contributed by atoms with Crippen molar-refractivity contribution in [2.45, 2.75) is 13.3 Å². The molecular weight excluding hydrogens is 313 g/mol. The first-order chi connectivity index (χ1) is 11.6. The molecule has 0 radical (unpaired) electrons. The van der Waals surface area contributed by atoms with E-state index in [2.05, 4.69) is 15.3 Å². The molecule has 0 saturated carbocycles. The van der Waals surface area contributed by atoms with Crippen LogP contribution in [0.3, 0.4) is 0 Å². The number of nitrogens with zero attached hydrogens (tertiary/aromatic N) is 2. The maximum Gasteiger partial charge on any atom is 0.275 e. The quantitative estimate of drug-likeness (QED) is 0.911. The minimum atomic E-state index is -0.465. The monoisotopic (exact) mass is 331 g/mol. The first kappa shape index (κ1) is 16.3. The largest absolute Gasteiger partial charge is 0.493 e. The van der Waals surface area contributed by atoms with Crippen LogP contribution in [0.15, 0.2) is 30.5 Å². The van der Waals surface area contributed by atoms with Gasteiger partial charge in [0.05, 0.1) is 19.4 Å². The summed E-state index contributed by atoms with van der Waals surface area (Å²) in [5.41, 5.74) is 0.895. The van der Waals surface area contributed by atoms with Gasteiger partial charge in [0.15, 0.2) is 0 Å². The molecule has 0 aromatic carbocycles. The number of hydrogen-bond donors (Lipinski definition) is 1. The van der Waals surface area contributed by atoms with Crippen molar-refractivity contribution in [1.82, 2.24) is 9.97 Å². The average Bonchev–Trinajstić information content (AvgIpc) is 3.08. The Balaban J connectivity index is 1.67. The summed E-state index contributed by atoms with van der Waals surface area (Å²) in [5, 5.41) is 2.58. The van der Waals surface area contributed by atoms with Crippen molar-refractivity contribution >= 4 is 11.7 Å². The highest BCUT2D eigenvalue weighted by Gasteiger charge is 2.17. The normalized spacial score (nSPS) is 16.8. The van der Waals surface area contributed by atoms with Crippen LogP contribution in [0.4, 0.5) is 10.2 Å². The number of hydrogen-bond acceptors (Lipinski definition) is 5. The number of nitrogens with one attached hydrogen (secondary N) is 1. The molecule has 1 aliphatic heterocycles. The summed E-state index contributed by atoms with van der Waals surface area (Å²) in [6.07, 6.45) is 2.02. The highest BCUT2D eigenvalue weighted by Crippen LogP contribution is 2.19. The second-order valence-electron chi connectivity index (χ2n) is 5.69. The standard InChI is InChI=1S/C17H18FN3O3/c1-11-6-14(24-10-12-4-5-23-9-12)7-15(20-11)17(22)21-16-3-2-13(18)8-19-16/h2-3,6-8,12H,4-5,9-10H2,1H3,(H,19,21,22). The molecule has 24 heavy (non-hydrogen) atoms. The number of pyridine rings is 2. The van der Waals surface area contributed by atoms with Gasteiger partial charge in [0.25, 0.3) is 5.91 Å². The molecule has 7 heteroatoms. The van der Waals surface area contributed by atoms with Crippen molar-refractivity contribution in [1.29, 1.82) is 0 Å². The lowest BCUT2D eigenvalue weighted by molar-refractivity contribution is 0.102. The van der Waals surface area contributed by atoms with Crippen LogP contribution >= 0.6 is 0 Å². The summed E-state index contributed by atoms with van der Waals surface area (Å²) in [5.74, 6) is 0.334. The molecule has 1 atom stereocenters. The molecule has 126 valence electrons. The Morgan fingerprint density at radius 2 is 2.33 bits per heavy atom. The number of rotatable bonds is 5. The van der Waals surface area contributed by atoms with Gasteiger partial charge in [0.1, 0.15) is 23.1 Å². The maximum atomic E-state index is 12.9. The molecule has 1 saturated heterocycles. The average molecular weight is 331 g/mol. The van der Waals surface area contributed by atoms with Crippen molar-refractivity contribution in [3.05, 3.63) is 47.7 Å². The van der Waals surface area contributed by atoms with Crippen LogP contribution in [0.25, 0.3) is 0 Å². The van der Waals surface area contributed by atoms with Crippen LogP contribution in [0.1, 0.15) is 22.6 Å². The Kier molecular flexibility index (Phi) is 5.00. The van der Waals surface area contributed by atoms with Gasteiger partial charge in [-0.25, -0.2) is 14.4 Å². The third-order valence-electron chi connectivity index (χ3n) is 3.64. The Labute approximate surface area is 139 Å². The first-order valence-electron chi connectivity index (χ1n) is 7.72. The van der Waals surface area contributed by atoms with E-state index in [-0.39, 0.29) is 11.5 Å². The topological polar surface area (TPSA) is 73.3 Å². The third-order valence-corrected chi connectivity index (χ3v) is 3.64. The van der Waals surface area contributed by atoms with Gasteiger partial charge in [0, 0.05) is 30.4 Å². The van der Waals surface area contributed by atoms with Crippen LogP contribution < -0.4 is 10.1 Å². The van der Waals surface area contributed by atoms with E-state index in [1.807, 2.05) is 0 Å². The molecule has 2 aromatic heterocycles. The molecule has 0 aliphatic carbocycles. The van der Waals surface area contributed by atoms with E-state index in [1.54, 1.807) is 19.1 Å². The zero-order valence-corrected chi connectivity index (χ0v) is 13.3. The highest BCUT2D eigenvalue weighted by atomic mass is 19.1. The number of carbonyl (C=O) groups is 1. The maximum absolute atomic E-state index is 12.9. The first-order valence-corrected chi connectivity index (χ1v) is 7.72. The number of anilines is 1. The van der Waals surface area contributed by atoms with Gasteiger partial charge < -0.3 is 14.8 Å². The van der Waals surface area contributed by atoms with Gasteiger partial charge in [0.2, 0.25) is 0 Å². The van der Waals surface area contributed by atoms with Gasteiger partial charge in [-0.15, -0.1) is 0 Å². The molecule has 1 fully saturated rings. The van der Waals surface area contributed by atoms with Gasteiger partial charge >= 0.3 is 0 Å². The molecule has 2 aromatic rings. The lowest BCUT2D eigenvalue weighted by atomic mass is 10.1. The lowest BCUT2D eigenvalue weighted by Gasteiger charge is -2.12. The molecule has 3 rings (SSSR count). The summed E-state index contributed by atoms with van der Waals surface area (Å²) in [6.45, 7) is 3.80. The van der Waals surface area contributed by atoms with Crippen molar-refractivity contribution in [3.8, 4) is 5.75 Å². The summed E-state index contributed by atoms with van der Waals surface area (Å²) in [6, 6.07) is 5.98. The molecule has 0 bridgehead atoms. The predicted octanol–water partition coefficient (Wildman–Crippen LogP) is 2.59. The van der Waals surface area contributed by atoms with Crippen LogP contribution in [-0.2, 0) is 4.74 Å². The number of aromatic nitrogens is 2. The zero-order valence-electron chi connectivity index (χ0n) is 13.3. The summed E-state index contributed by atoms with van der Waals surface area (Å²) < 4.78 is 23.9. The van der Waals surface area contributed by atoms with E-state index in [4.69, 9.17) is 9.47 Å². The molecule has 3 heterocycles. The molecule has 1 N–H and O–H groups in total. The van der Waals surface area contributed by atoms with E-state index in [1.165, 1.54) is 12.1 Å². The third kappa shape index (κ3) is 4.26. The van der Waals surface area contributed by atoms with E-state index < -0.39 is 11.7 Å². The number of aryl methyl sites for hydroxylation is 1. The highest BCUT2D eigenvalue weighted by molar-refractivity contribution is 6.02. The zero-order chi connectivity index (χ0) is 16.9. The number of carbonyl (C=O) groups excluding carboxylic acids is 1. The Morgan fingerprint density at radius 1 is 1.46 bits per heavy atom. The molecule has 0 spiro atoms. The predicted molar refractivity (Wildman–Crippen MR) is 85.5 cm³/mol. The SMILES string of the molecule is Cc1cc(OCC2CCOC2)cc(C(=O)Nc2ccc(F)cn2)n1. The van der Waals surface area contributed by atoms with Crippen LogP contribution in [0.2, 0.25) is 0 Å². The summed E-state index contributed by atoms with van der Waals surface area (Å²) in [4.78, 5) is 20.3. The smallest absolute Gasteiger partial charge is 0.275 e. The van der Waals surface area contributed by atoms with E-state index in [9.17, 15) is 9.18 Å². The molecule has 1 amide bonds. The number of halogens is 1. The lowest BCUT2D eigenvalue weighted by Crippen LogP contribution is -2.16. The van der Waals surface area contributed by atoms with Gasteiger partial charge in [-0.2, -0.15) is 0 Å². The Hall–Kier alpha value is -2.54. The molecule has 1 unspecified atom stereocenters. The second kappa shape index (κ2) is 7.35. The molecular formula is C17H18FN3O3. The fourth-order valence-corrected chi connectivity index (χ4v) is 2.40. The number of ether oxygens (including phenoxy) is 2. The van der Waals surface area contributed by atoms with Crippen molar-refractivity contribution < 1.29 is 18.7 Å². The second-order valence-corrected chi connectivity index (χ2v) is 5.69. The molecule has 6 nitrogen and oxygen atoms in total. The fraction of sp³-hybridized carbons (Fsp3) is 0.353. The minimum absolute atomic E-state index is 0.221. The van der Waals surface area contributed by atoms with Crippen molar-refractivity contribution in [2.24, 2.45) is 5.92 Å². The van der Waals surface area contributed by atoms with Crippen LogP contribution in [-0.4, -0.2) is 35.7 Å². The fourth-order valence-electron chi connectivity index (χ4n) is 2.40. The number of amides is 1. The van der Waals surface area contributed by atoms with E-state index in [0.717, 1.165) is 19.2 Å².